The first-order valence-electron chi connectivity index (χ1n) is 9.33. The Morgan fingerprint density at radius 2 is 2.03 bits per heavy atom. The number of benzene rings is 1. The van der Waals surface area contributed by atoms with Gasteiger partial charge in [0.25, 0.3) is 0 Å². The molecule has 29 heavy (non-hydrogen) atoms. The van der Waals surface area contributed by atoms with E-state index in [0.29, 0.717) is 5.82 Å². The molecule has 1 aromatic rings. The Morgan fingerprint density at radius 1 is 1.38 bits per heavy atom. The molecule has 3 heterocycles. The van der Waals surface area contributed by atoms with Crippen molar-refractivity contribution in [3.05, 3.63) is 47.8 Å². The van der Waals surface area contributed by atoms with Crippen LogP contribution in [0.15, 0.2) is 41.7 Å². The molecule has 5 atom stereocenters. The molecule has 0 saturated carbocycles. The van der Waals surface area contributed by atoms with E-state index in [-0.39, 0.29) is 18.1 Å². The van der Waals surface area contributed by atoms with Crippen LogP contribution in [0.1, 0.15) is 22.8 Å². The van der Waals surface area contributed by atoms with Gasteiger partial charge in [-0.05, 0) is 26.0 Å². The third kappa shape index (κ3) is 2.53. The van der Waals surface area contributed by atoms with E-state index >= 15 is 0 Å². The number of aliphatic hydroxyl groups is 3. The monoisotopic (exact) mass is 403 g/mol. The lowest BCUT2D eigenvalue weighted by molar-refractivity contribution is -0.258. The van der Waals surface area contributed by atoms with E-state index in [4.69, 9.17) is 10.5 Å². The van der Waals surface area contributed by atoms with Gasteiger partial charge in [-0.3, -0.25) is 0 Å². The molecule has 0 unspecified atom stereocenters. The van der Waals surface area contributed by atoms with Crippen molar-refractivity contribution in [2.45, 2.75) is 49.5 Å². The van der Waals surface area contributed by atoms with Crippen molar-refractivity contribution in [1.29, 1.82) is 0 Å². The first kappa shape index (κ1) is 19.5. The van der Waals surface area contributed by atoms with E-state index in [1.807, 2.05) is 6.92 Å². The number of aryl methyl sites for hydroxylation is 1. The minimum absolute atomic E-state index is 0.00170. The van der Waals surface area contributed by atoms with Crippen LogP contribution in [-0.4, -0.2) is 74.4 Å². The predicted molar refractivity (Wildman–Crippen MR) is 103 cm³/mol. The highest BCUT2D eigenvalue weighted by molar-refractivity contribution is 5.90. The molecular weight excluding hydrogens is 378 g/mol. The van der Waals surface area contributed by atoms with Crippen LogP contribution in [0.2, 0.25) is 0 Å². The lowest BCUT2D eigenvalue weighted by atomic mass is 9.86. The zero-order valence-corrected chi connectivity index (χ0v) is 16.2. The third-order valence-corrected chi connectivity index (χ3v) is 5.94. The van der Waals surface area contributed by atoms with E-state index in [0.717, 1.165) is 5.56 Å². The molecule has 0 amide bonds. The highest BCUT2D eigenvalue weighted by atomic mass is 16.6. The number of esters is 1. The number of nitrogens with two attached hydrogens (primary N) is 1. The van der Waals surface area contributed by atoms with Crippen LogP contribution in [0.4, 0.5) is 0 Å². The van der Waals surface area contributed by atoms with Crippen LogP contribution in [0, 0.1) is 6.92 Å². The minimum atomic E-state index is -2.57. The molecule has 2 saturated heterocycles. The van der Waals surface area contributed by atoms with Gasteiger partial charge < -0.3 is 41.3 Å². The summed E-state index contributed by atoms with van der Waals surface area (Å²) in [5.41, 5.74) is 5.76. The second-order valence-electron chi connectivity index (χ2n) is 7.76. The molecule has 156 valence electrons. The number of hydrogen-bond donors (Lipinski definition) is 6. The topological polar surface area (TPSA) is 153 Å². The second kappa shape index (κ2) is 6.34. The smallest absolute Gasteiger partial charge is 0.338 e. The number of rotatable bonds is 3. The number of ether oxygens (including phenoxy) is 1. The fourth-order valence-electron chi connectivity index (χ4n) is 4.62. The van der Waals surface area contributed by atoms with Gasteiger partial charge in [-0.25, -0.2) is 9.79 Å². The van der Waals surface area contributed by atoms with Gasteiger partial charge in [0.1, 0.15) is 6.04 Å². The van der Waals surface area contributed by atoms with Crippen LogP contribution >= 0.6 is 0 Å². The summed E-state index contributed by atoms with van der Waals surface area (Å²) in [4.78, 5) is 18.4. The quantitative estimate of drug-likeness (QED) is 0.257. The van der Waals surface area contributed by atoms with E-state index in [9.17, 15) is 20.1 Å². The number of nitrogens with zero attached hydrogens (tertiary/aromatic N) is 2. The van der Waals surface area contributed by atoms with Crippen LogP contribution in [0.3, 0.4) is 0 Å². The zero-order chi connectivity index (χ0) is 21.1. The molecule has 0 radical (unpaired) electrons. The molecule has 10 nitrogen and oxygen atoms in total. The van der Waals surface area contributed by atoms with E-state index in [1.54, 1.807) is 31.2 Å². The summed E-state index contributed by atoms with van der Waals surface area (Å²) in [7, 11) is 0. The lowest BCUT2D eigenvalue weighted by Gasteiger charge is -2.49. The summed E-state index contributed by atoms with van der Waals surface area (Å²) in [5.74, 6) is -2.95. The molecule has 0 aliphatic carbocycles. The number of nitrogens with one attached hydrogen (secondary N) is 2. The molecular formula is C19H25N5O5. The van der Waals surface area contributed by atoms with Gasteiger partial charge in [-0.2, -0.15) is 0 Å². The fraction of sp³-hybridized carbons (Fsp3) is 0.474. The van der Waals surface area contributed by atoms with Gasteiger partial charge in [0, 0.05) is 0 Å². The van der Waals surface area contributed by atoms with Crippen molar-refractivity contribution in [3.63, 3.8) is 0 Å². The Morgan fingerprint density at radius 3 is 2.66 bits per heavy atom. The van der Waals surface area contributed by atoms with Crippen molar-refractivity contribution in [2.75, 3.05) is 6.61 Å². The molecule has 0 aromatic heterocycles. The third-order valence-electron chi connectivity index (χ3n) is 5.94. The number of aliphatic imine (C=N–C) groups is 1. The maximum atomic E-state index is 12.7. The summed E-state index contributed by atoms with van der Waals surface area (Å²) >= 11 is 0. The highest BCUT2D eigenvalue weighted by Crippen LogP contribution is 2.48. The van der Waals surface area contributed by atoms with Crippen molar-refractivity contribution in [1.82, 2.24) is 15.5 Å². The maximum absolute atomic E-state index is 12.7. The van der Waals surface area contributed by atoms with Crippen molar-refractivity contribution in [2.24, 2.45) is 10.7 Å². The average molecular weight is 403 g/mol. The normalized spacial score (nSPS) is 34.6. The first-order chi connectivity index (χ1) is 13.6. The van der Waals surface area contributed by atoms with Crippen LogP contribution < -0.4 is 16.4 Å². The van der Waals surface area contributed by atoms with E-state index < -0.39 is 41.6 Å². The predicted octanol–water partition coefficient (Wildman–Crippen LogP) is -1.68. The lowest BCUT2D eigenvalue weighted by Crippen LogP contribution is -2.77. The summed E-state index contributed by atoms with van der Waals surface area (Å²) in [5, 5.41) is 38.2. The minimum Gasteiger partial charge on any atom is -0.451 e. The van der Waals surface area contributed by atoms with Crippen LogP contribution in [0.25, 0.3) is 0 Å². The Kier molecular flexibility index (Phi) is 4.26. The largest absolute Gasteiger partial charge is 0.451 e. The molecule has 3 aliphatic heterocycles. The summed E-state index contributed by atoms with van der Waals surface area (Å²) in [6, 6.07) is 4.49. The Balaban J connectivity index is 1.74. The molecule has 3 aliphatic rings. The molecule has 2 fully saturated rings. The summed E-state index contributed by atoms with van der Waals surface area (Å²) in [6.45, 7) is 6.98. The molecule has 7 N–H and O–H groups in total. The van der Waals surface area contributed by atoms with Gasteiger partial charge in [0.05, 0.1) is 30.1 Å². The van der Waals surface area contributed by atoms with E-state index in [1.165, 1.54) is 4.90 Å². The Hall–Kier alpha value is -2.82. The zero-order valence-electron chi connectivity index (χ0n) is 16.2. The van der Waals surface area contributed by atoms with Crippen LogP contribution in [-0.2, 0) is 4.74 Å². The number of carbonyl (C=O) groups excluding carboxylic acids is 1. The molecule has 4 rings (SSSR count). The van der Waals surface area contributed by atoms with Gasteiger partial charge in [-0.15, -0.1) is 0 Å². The number of aliphatic hydroxyl groups excluding tert-OH is 1. The number of guanidine groups is 1. The maximum Gasteiger partial charge on any atom is 0.338 e. The first-order valence-corrected chi connectivity index (χ1v) is 9.33. The molecule has 1 aromatic carbocycles. The molecule has 10 heteroatoms. The number of hydrogen-bond acceptors (Lipinski definition) is 10. The summed E-state index contributed by atoms with van der Waals surface area (Å²) in [6.07, 6.45) is -1.36. The number of carbonyl (C=O) groups is 1. The Labute approximate surface area is 167 Å². The summed E-state index contributed by atoms with van der Waals surface area (Å²) < 4.78 is 5.56. The second-order valence-corrected chi connectivity index (χ2v) is 7.76. The highest BCUT2D eigenvalue weighted by Gasteiger charge is 2.76. The average Bonchev–Trinajstić information content (AvgIpc) is 3.10. The fourth-order valence-corrected chi connectivity index (χ4v) is 4.62. The van der Waals surface area contributed by atoms with Gasteiger partial charge in [-0.1, -0.05) is 24.3 Å². The van der Waals surface area contributed by atoms with Crippen molar-refractivity contribution >= 4 is 11.9 Å². The molecule has 1 spiro atoms. The van der Waals surface area contributed by atoms with Gasteiger partial charge >= 0.3 is 5.97 Å². The van der Waals surface area contributed by atoms with Crippen molar-refractivity contribution in [3.8, 4) is 0 Å². The van der Waals surface area contributed by atoms with E-state index in [2.05, 4.69) is 22.2 Å². The van der Waals surface area contributed by atoms with Gasteiger partial charge in [0.15, 0.2) is 17.7 Å². The van der Waals surface area contributed by atoms with Gasteiger partial charge in [0.2, 0.25) is 5.79 Å². The standard InChI is InChI=1S/C19H25N5O5/c1-9-4-6-12(7-5-9)16(26)29-15-10(2)24-17(20)22-13(8-25)14-18(24,19(15,27)28)23-11(3)21-14/h4-7,10,13-15,21,23,25,27-28H,3,8H2,1-2H3,(H2,20,22)/t10-,13-,14-,15-,18-/m0/s1. The van der Waals surface area contributed by atoms with Crippen LogP contribution in [0.5, 0.6) is 0 Å². The SMILES string of the molecule is C=C1N[C@H]2[C@H](CO)N=C(N)N3[C@@H](C)[C@H](OC(=O)c4ccc(C)cc4)C(O)(O)[C@]23N1. The Bertz CT molecular complexity index is 885. The van der Waals surface area contributed by atoms with Crippen molar-refractivity contribution < 1.29 is 24.9 Å². The molecule has 0 bridgehead atoms.